The minimum absolute atomic E-state index is 0.0685. The molecule has 1 aliphatic heterocycles. The maximum Gasteiger partial charge on any atom is 0.213 e. The molecule has 0 fully saturated rings. The van der Waals surface area contributed by atoms with E-state index in [1.807, 2.05) is 32.0 Å². The van der Waals surface area contributed by atoms with E-state index < -0.39 is 10.0 Å². The van der Waals surface area contributed by atoms with Crippen LogP contribution in [-0.2, 0) is 16.6 Å². The van der Waals surface area contributed by atoms with E-state index in [-0.39, 0.29) is 11.8 Å². The highest BCUT2D eigenvalue weighted by Crippen LogP contribution is 2.29. The van der Waals surface area contributed by atoms with Crippen molar-refractivity contribution in [2.75, 3.05) is 19.4 Å². The summed E-state index contributed by atoms with van der Waals surface area (Å²) in [5, 5.41) is 3.24. The second-order valence-electron chi connectivity index (χ2n) is 5.52. The third-order valence-corrected chi connectivity index (χ3v) is 4.74. The molecule has 1 atom stereocenters. The van der Waals surface area contributed by atoms with E-state index in [1.165, 1.54) is 0 Å². The van der Waals surface area contributed by atoms with E-state index in [2.05, 4.69) is 10.0 Å². The molecule has 0 amide bonds. The Labute approximate surface area is 120 Å². The zero-order valence-corrected chi connectivity index (χ0v) is 13.0. The second-order valence-corrected chi connectivity index (χ2v) is 7.37. The van der Waals surface area contributed by atoms with E-state index >= 15 is 0 Å². The minimum Gasteiger partial charge on any atom is -0.497 e. The van der Waals surface area contributed by atoms with Gasteiger partial charge in [-0.2, -0.15) is 0 Å². The van der Waals surface area contributed by atoms with Crippen LogP contribution in [0.5, 0.6) is 5.75 Å². The van der Waals surface area contributed by atoms with Crippen LogP contribution in [0.2, 0.25) is 0 Å². The van der Waals surface area contributed by atoms with Gasteiger partial charge in [-0.25, -0.2) is 13.1 Å². The van der Waals surface area contributed by atoms with Crippen molar-refractivity contribution >= 4 is 10.0 Å². The zero-order valence-electron chi connectivity index (χ0n) is 12.1. The van der Waals surface area contributed by atoms with Crippen molar-refractivity contribution in [3.8, 4) is 5.75 Å². The van der Waals surface area contributed by atoms with Crippen LogP contribution in [0.4, 0.5) is 0 Å². The molecule has 0 saturated carbocycles. The molecule has 1 heterocycles. The predicted octanol–water partition coefficient (Wildman–Crippen LogP) is 1.41. The first-order chi connectivity index (χ1) is 9.41. The fraction of sp³-hybridized carbons (Fsp3) is 0.571. The van der Waals surface area contributed by atoms with Gasteiger partial charge in [0, 0.05) is 19.1 Å². The Morgan fingerprint density at radius 3 is 2.85 bits per heavy atom. The topological polar surface area (TPSA) is 67.4 Å². The van der Waals surface area contributed by atoms with Crippen LogP contribution < -0.4 is 14.8 Å². The first-order valence-electron chi connectivity index (χ1n) is 6.79. The first-order valence-corrected chi connectivity index (χ1v) is 8.44. The number of ether oxygens (including phenoxy) is 1. The van der Waals surface area contributed by atoms with Crippen LogP contribution in [-0.4, -0.2) is 27.8 Å². The fourth-order valence-electron chi connectivity index (χ4n) is 2.27. The smallest absolute Gasteiger partial charge is 0.213 e. The highest BCUT2D eigenvalue weighted by molar-refractivity contribution is 7.89. The van der Waals surface area contributed by atoms with Crippen LogP contribution in [0.3, 0.4) is 0 Å². The van der Waals surface area contributed by atoms with Crippen molar-refractivity contribution in [3.63, 3.8) is 0 Å². The van der Waals surface area contributed by atoms with Gasteiger partial charge in [0.05, 0.1) is 12.9 Å². The molecule has 0 aliphatic carbocycles. The number of benzene rings is 1. The Morgan fingerprint density at radius 2 is 2.20 bits per heavy atom. The molecule has 2 N–H and O–H groups in total. The van der Waals surface area contributed by atoms with E-state index in [4.69, 9.17) is 4.74 Å². The third kappa shape index (κ3) is 3.71. The van der Waals surface area contributed by atoms with Crippen molar-refractivity contribution in [1.82, 2.24) is 10.0 Å². The number of methoxy groups -OCH3 is 1. The molecule has 0 aromatic heterocycles. The van der Waals surface area contributed by atoms with Crippen LogP contribution in [0.15, 0.2) is 18.2 Å². The molecule has 0 saturated heterocycles. The number of hydrogen-bond donors (Lipinski definition) is 2. The summed E-state index contributed by atoms with van der Waals surface area (Å²) in [6.07, 6.45) is 0. The summed E-state index contributed by atoms with van der Waals surface area (Å²) in [6.45, 7) is 5.12. The summed E-state index contributed by atoms with van der Waals surface area (Å²) >= 11 is 0. The summed E-state index contributed by atoms with van der Waals surface area (Å²) in [7, 11) is -1.64. The Balaban J connectivity index is 2.07. The molecule has 20 heavy (non-hydrogen) atoms. The quantitative estimate of drug-likeness (QED) is 0.833. The summed E-state index contributed by atoms with van der Waals surface area (Å²) in [4.78, 5) is 0. The van der Waals surface area contributed by atoms with Crippen LogP contribution in [0.1, 0.15) is 31.0 Å². The maximum atomic E-state index is 12.0. The molecule has 1 aromatic carbocycles. The van der Waals surface area contributed by atoms with E-state index in [9.17, 15) is 8.42 Å². The van der Waals surface area contributed by atoms with E-state index in [0.29, 0.717) is 19.0 Å². The van der Waals surface area contributed by atoms with Crippen LogP contribution in [0.25, 0.3) is 0 Å². The van der Waals surface area contributed by atoms with Gasteiger partial charge in [-0.3, -0.25) is 0 Å². The fourth-order valence-corrected chi connectivity index (χ4v) is 3.71. The van der Waals surface area contributed by atoms with E-state index in [1.54, 1.807) is 7.11 Å². The standard InChI is InChI=1S/C14H22N2O3S/c1-10(2)7-16-20(17,18)9-14-13-5-4-12(19-3)6-11(13)8-15-14/h4-6,10,14-16H,7-9H2,1-3H3. The highest BCUT2D eigenvalue weighted by Gasteiger charge is 2.27. The molecule has 1 aliphatic rings. The number of nitrogens with one attached hydrogen (secondary N) is 2. The first kappa shape index (κ1) is 15.3. The lowest BCUT2D eigenvalue weighted by atomic mass is 10.1. The zero-order chi connectivity index (χ0) is 14.8. The van der Waals surface area contributed by atoms with Gasteiger partial charge in [-0.15, -0.1) is 0 Å². The average Bonchev–Trinajstić information content (AvgIpc) is 2.78. The van der Waals surface area contributed by atoms with Gasteiger partial charge in [0.25, 0.3) is 0 Å². The van der Waals surface area contributed by atoms with Gasteiger partial charge in [0.15, 0.2) is 0 Å². The van der Waals surface area contributed by atoms with Gasteiger partial charge in [0.1, 0.15) is 5.75 Å². The molecule has 112 valence electrons. The minimum atomic E-state index is -3.26. The van der Waals surface area contributed by atoms with Crippen LogP contribution >= 0.6 is 0 Å². The number of hydrogen-bond acceptors (Lipinski definition) is 4. The summed E-state index contributed by atoms with van der Waals surface area (Å²) in [6, 6.07) is 5.61. The lowest BCUT2D eigenvalue weighted by Crippen LogP contribution is -2.34. The Hall–Kier alpha value is -1.11. The largest absolute Gasteiger partial charge is 0.497 e. The molecular formula is C14H22N2O3S. The van der Waals surface area contributed by atoms with Crippen molar-refractivity contribution < 1.29 is 13.2 Å². The third-order valence-electron chi connectivity index (χ3n) is 3.36. The summed E-state index contributed by atoms with van der Waals surface area (Å²) in [5.74, 6) is 1.17. The second kappa shape index (κ2) is 6.11. The molecule has 0 spiro atoms. The predicted molar refractivity (Wildman–Crippen MR) is 79.2 cm³/mol. The molecule has 5 nitrogen and oxygen atoms in total. The molecule has 6 heteroatoms. The molecule has 0 radical (unpaired) electrons. The van der Waals surface area contributed by atoms with Gasteiger partial charge < -0.3 is 10.1 Å². The molecule has 2 rings (SSSR count). The normalized spacial score (nSPS) is 18.3. The van der Waals surface area contributed by atoms with Crippen molar-refractivity contribution in [1.29, 1.82) is 0 Å². The van der Waals surface area contributed by atoms with E-state index in [0.717, 1.165) is 16.9 Å². The number of rotatable bonds is 6. The molecule has 0 bridgehead atoms. The number of sulfonamides is 1. The number of fused-ring (bicyclic) bond motifs is 1. The maximum absolute atomic E-state index is 12.0. The van der Waals surface area contributed by atoms with Gasteiger partial charge in [0.2, 0.25) is 10.0 Å². The highest BCUT2D eigenvalue weighted by atomic mass is 32.2. The summed E-state index contributed by atoms with van der Waals surface area (Å²) in [5.41, 5.74) is 2.15. The van der Waals surface area contributed by atoms with Gasteiger partial charge >= 0.3 is 0 Å². The Kier molecular flexibility index (Phi) is 4.67. The SMILES string of the molecule is COc1ccc2c(c1)CNC2CS(=O)(=O)NCC(C)C. The lowest BCUT2D eigenvalue weighted by molar-refractivity contribution is 0.414. The Bertz CT molecular complexity index is 570. The lowest BCUT2D eigenvalue weighted by Gasteiger charge is -2.14. The van der Waals surface area contributed by atoms with Crippen molar-refractivity contribution in [2.24, 2.45) is 5.92 Å². The molecule has 1 aromatic rings. The van der Waals surface area contributed by atoms with Gasteiger partial charge in [-0.05, 0) is 29.2 Å². The molecular weight excluding hydrogens is 276 g/mol. The average molecular weight is 298 g/mol. The monoisotopic (exact) mass is 298 g/mol. The summed E-state index contributed by atoms with van der Waals surface area (Å²) < 4.78 is 31.9. The van der Waals surface area contributed by atoms with Crippen LogP contribution in [0, 0.1) is 5.92 Å². The Morgan fingerprint density at radius 1 is 1.45 bits per heavy atom. The van der Waals surface area contributed by atoms with Gasteiger partial charge in [-0.1, -0.05) is 19.9 Å². The van der Waals surface area contributed by atoms with Crippen molar-refractivity contribution in [3.05, 3.63) is 29.3 Å². The van der Waals surface area contributed by atoms with Crippen molar-refractivity contribution in [2.45, 2.75) is 26.4 Å². The molecule has 1 unspecified atom stereocenters.